The smallest absolute Gasteiger partial charge is 0.223 e. The summed E-state index contributed by atoms with van der Waals surface area (Å²) in [6.07, 6.45) is 6.79. The molecule has 0 aliphatic rings. The van der Waals surface area contributed by atoms with Crippen molar-refractivity contribution in [2.45, 2.75) is 6.54 Å². The molecule has 8 heteroatoms. The Balaban J connectivity index is 1.36. The summed E-state index contributed by atoms with van der Waals surface area (Å²) in [6.45, 7) is 0.565. The van der Waals surface area contributed by atoms with Gasteiger partial charge < -0.3 is 10.6 Å². The lowest BCUT2D eigenvalue weighted by molar-refractivity contribution is 1.00. The Hall–Kier alpha value is -3.91. The third-order valence-electron chi connectivity index (χ3n) is 4.52. The highest BCUT2D eigenvalue weighted by Gasteiger charge is 2.10. The molecule has 0 bridgehead atoms. The van der Waals surface area contributed by atoms with Gasteiger partial charge in [-0.05, 0) is 29.6 Å². The molecule has 0 unspecified atom stereocenters. The van der Waals surface area contributed by atoms with E-state index in [0.29, 0.717) is 12.5 Å². The predicted octanol–water partition coefficient (Wildman–Crippen LogP) is 4.90. The molecule has 5 aromatic rings. The number of fused-ring (bicyclic) bond motifs is 1. The van der Waals surface area contributed by atoms with Crippen LogP contribution in [0.1, 0.15) is 5.69 Å². The van der Waals surface area contributed by atoms with Gasteiger partial charge in [-0.15, -0.1) is 11.3 Å². The van der Waals surface area contributed by atoms with Crippen LogP contribution in [0.4, 0.5) is 17.5 Å². The number of hydrogen-bond acceptors (Lipinski definition) is 8. The van der Waals surface area contributed by atoms with Gasteiger partial charge in [0.25, 0.3) is 0 Å². The van der Waals surface area contributed by atoms with E-state index >= 15 is 0 Å². The fourth-order valence-electron chi connectivity index (χ4n) is 3.11. The van der Waals surface area contributed by atoms with E-state index in [2.05, 4.69) is 53.1 Å². The number of benzene rings is 1. The molecule has 0 spiro atoms. The van der Waals surface area contributed by atoms with E-state index in [1.807, 2.05) is 36.4 Å². The van der Waals surface area contributed by atoms with Crippen molar-refractivity contribution in [2.24, 2.45) is 0 Å². The molecule has 0 fully saturated rings. The summed E-state index contributed by atoms with van der Waals surface area (Å²) < 4.78 is 0. The Labute approximate surface area is 176 Å². The van der Waals surface area contributed by atoms with E-state index in [0.717, 1.165) is 33.7 Å². The highest BCUT2D eigenvalue weighted by atomic mass is 32.1. The number of para-hydroxylation sites is 1. The van der Waals surface area contributed by atoms with Crippen LogP contribution in [-0.2, 0) is 6.54 Å². The van der Waals surface area contributed by atoms with Crippen molar-refractivity contribution in [2.75, 3.05) is 10.6 Å². The maximum absolute atomic E-state index is 4.52. The molecule has 5 rings (SSSR count). The van der Waals surface area contributed by atoms with E-state index in [1.165, 1.54) is 4.88 Å². The van der Waals surface area contributed by atoms with E-state index in [-0.39, 0.29) is 0 Å². The van der Waals surface area contributed by atoms with Crippen LogP contribution >= 0.6 is 11.3 Å². The first-order valence-electron chi connectivity index (χ1n) is 9.37. The first-order valence-corrected chi connectivity index (χ1v) is 10.3. The Kier molecular flexibility index (Phi) is 4.97. The van der Waals surface area contributed by atoms with Gasteiger partial charge in [-0.1, -0.05) is 24.3 Å². The van der Waals surface area contributed by atoms with Gasteiger partial charge in [0.15, 0.2) is 0 Å². The topological polar surface area (TPSA) is 88.5 Å². The van der Waals surface area contributed by atoms with Crippen LogP contribution in [0, 0.1) is 0 Å². The summed E-state index contributed by atoms with van der Waals surface area (Å²) >= 11 is 1.69. The number of nitrogens with one attached hydrogen (secondary N) is 2. The second kappa shape index (κ2) is 8.22. The second-order valence-electron chi connectivity index (χ2n) is 6.50. The number of rotatable bonds is 6. The van der Waals surface area contributed by atoms with Gasteiger partial charge in [-0.3, -0.25) is 4.98 Å². The molecule has 0 amide bonds. The average molecular weight is 411 g/mol. The predicted molar refractivity (Wildman–Crippen MR) is 120 cm³/mol. The lowest BCUT2D eigenvalue weighted by Gasteiger charge is -2.10. The van der Waals surface area contributed by atoms with Gasteiger partial charge in [-0.25, -0.2) is 19.9 Å². The average Bonchev–Trinajstić information content (AvgIpc) is 3.34. The summed E-state index contributed by atoms with van der Waals surface area (Å²) in [5, 5.41) is 9.49. The minimum atomic E-state index is 0.540. The lowest BCUT2D eigenvalue weighted by atomic mass is 10.1. The third kappa shape index (κ3) is 3.81. The molecule has 7 nitrogen and oxygen atoms in total. The molecule has 1 aromatic carbocycles. The van der Waals surface area contributed by atoms with Crippen LogP contribution in [0.5, 0.6) is 0 Å². The lowest BCUT2D eigenvalue weighted by Crippen LogP contribution is -2.05. The van der Waals surface area contributed by atoms with Crippen LogP contribution in [0.3, 0.4) is 0 Å². The van der Waals surface area contributed by atoms with Crippen molar-refractivity contribution in [3.8, 4) is 10.4 Å². The fraction of sp³-hybridized carbons (Fsp3) is 0.0455. The number of anilines is 3. The van der Waals surface area contributed by atoms with E-state index in [4.69, 9.17) is 0 Å². The largest absolute Gasteiger partial charge is 0.349 e. The Morgan fingerprint density at radius 3 is 2.57 bits per heavy atom. The molecule has 0 aliphatic heterocycles. The van der Waals surface area contributed by atoms with E-state index in [1.54, 1.807) is 36.3 Å². The number of hydrogen-bond donors (Lipinski definition) is 2. The van der Waals surface area contributed by atoms with Crippen molar-refractivity contribution in [3.05, 3.63) is 84.5 Å². The monoisotopic (exact) mass is 411 g/mol. The van der Waals surface area contributed by atoms with Crippen LogP contribution in [0.25, 0.3) is 21.3 Å². The van der Waals surface area contributed by atoms with Gasteiger partial charge in [-0.2, -0.15) is 0 Å². The molecule has 0 atom stereocenters. The molecule has 0 saturated heterocycles. The molecular weight excluding hydrogens is 394 g/mol. The Bertz CT molecular complexity index is 1260. The van der Waals surface area contributed by atoms with Gasteiger partial charge in [0.1, 0.15) is 12.1 Å². The zero-order valence-corrected chi connectivity index (χ0v) is 16.7. The number of aromatic nitrogens is 5. The number of nitrogens with zero attached hydrogens (tertiary/aromatic N) is 5. The van der Waals surface area contributed by atoms with Crippen LogP contribution in [0.2, 0.25) is 0 Å². The SMILES string of the molecule is c1ccc(CNc2ncc(Nc3ncnc4c(-c5cccs5)cccc34)cn2)nc1. The van der Waals surface area contributed by atoms with Crippen molar-refractivity contribution in [3.63, 3.8) is 0 Å². The minimum Gasteiger partial charge on any atom is -0.349 e. The standard InChI is InChI=1S/C22H17N7S/c1-2-9-23-15(5-1)11-24-22-25-12-16(13-26-22)29-21-18-7-3-6-17(19-8-4-10-30-19)20(18)27-14-28-21/h1-10,12-14H,11H2,(H,24,25,26)(H,27,28,29). The van der Waals surface area contributed by atoms with Gasteiger partial charge >= 0.3 is 0 Å². The first kappa shape index (κ1) is 18.1. The molecule has 30 heavy (non-hydrogen) atoms. The van der Waals surface area contributed by atoms with Crippen LogP contribution in [-0.4, -0.2) is 24.9 Å². The summed E-state index contributed by atoms with van der Waals surface area (Å²) in [7, 11) is 0. The zero-order chi connectivity index (χ0) is 20.2. The third-order valence-corrected chi connectivity index (χ3v) is 5.42. The number of thiophene rings is 1. The van der Waals surface area contributed by atoms with Crippen LogP contribution < -0.4 is 10.6 Å². The Morgan fingerprint density at radius 2 is 1.77 bits per heavy atom. The fourth-order valence-corrected chi connectivity index (χ4v) is 3.86. The molecule has 4 heterocycles. The molecule has 0 radical (unpaired) electrons. The van der Waals surface area contributed by atoms with Crippen molar-refractivity contribution >= 4 is 39.7 Å². The van der Waals surface area contributed by atoms with E-state index < -0.39 is 0 Å². The molecule has 0 aliphatic carbocycles. The molecule has 146 valence electrons. The second-order valence-corrected chi connectivity index (χ2v) is 7.44. The number of pyridine rings is 1. The quantitative estimate of drug-likeness (QED) is 0.411. The summed E-state index contributed by atoms with van der Waals surface area (Å²) in [5.41, 5.74) is 3.68. The zero-order valence-electron chi connectivity index (χ0n) is 15.9. The summed E-state index contributed by atoms with van der Waals surface area (Å²) in [6, 6.07) is 16.0. The van der Waals surface area contributed by atoms with Gasteiger partial charge in [0.05, 0.1) is 35.8 Å². The molecule has 2 N–H and O–H groups in total. The van der Waals surface area contributed by atoms with Crippen LogP contribution in [0.15, 0.2) is 78.8 Å². The molecule has 0 saturated carbocycles. The van der Waals surface area contributed by atoms with Gasteiger partial charge in [0, 0.05) is 22.0 Å². The Morgan fingerprint density at radius 1 is 0.833 bits per heavy atom. The first-order chi connectivity index (χ1) is 14.9. The highest BCUT2D eigenvalue weighted by molar-refractivity contribution is 7.13. The minimum absolute atomic E-state index is 0.540. The molecule has 4 aromatic heterocycles. The normalized spacial score (nSPS) is 10.8. The summed E-state index contributed by atoms with van der Waals surface area (Å²) in [5.74, 6) is 1.26. The molecular formula is C22H17N7S. The van der Waals surface area contributed by atoms with Crippen molar-refractivity contribution in [1.82, 2.24) is 24.9 Å². The highest BCUT2D eigenvalue weighted by Crippen LogP contribution is 2.33. The maximum atomic E-state index is 4.52. The summed E-state index contributed by atoms with van der Waals surface area (Å²) in [4.78, 5) is 23.1. The van der Waals surface area contributed by atoms with Gasteiger partial charge in [0.2, 0.25) is 5.95 Å². The van der Waals surface area contributed by atoms with E-state index in [9.17, 15) is 0 Å². The maximum Gasteiger partial charge on any atom is 0.223 e. The van der Waals surface area contributed by atoms with Crippen molar-refractivity contribution < 1.29 is 0 Å². The van der Waals surface area contributed by atoms with Crippen molar-refractivity contribution in [1.29, 1.82) is 0 Å².